The van der Waals surface area contributed by atoms with Gasteiger partial charge in [-0.15, -0.1) is 0 Å². The van der Waals surface area contributed by atoms with Crippen LogP contribution in [-0.2, 0) is 4.79 Å². The fourth-order valence-corrected chi connectivity index (χ4v) is 4.73. The van der Waals surface area contributed by atoms with Gasteiger partial charge < -0.3 is 15.5 Å². The lowest BCUT2D eigenvalue weighted by molar-refractivity contribution is -0.122. The van der Waals surface area contributed by atoms with Crippen LogP contribution in [0.15, 0.2) is 60.8 Å². The van der Waals surface area contributed by atoms with Gasteiger partial charge in [0.1, 0.15) is 0 Å². The van der Waals surface area contributed by atoms with E-state index in [9.17, 15) is 15.0 Å². The first-order valence-electron chi connectivity index (χ1n) is 17.5. The number of carbonyl (C=O) groups excluding carboxylic acids is 1. The zero-order chi connectivity index (χ0) is 30.8. The van der Waals surface area contributed by atoms with Crippen LogP contribution in [0, 0.1) is 0 Å². The molecule has 0 saturated heterocycles. The average molecular weight is 586 g/mol. The molecule has 0 bridgehead atoms. The van der Waals surface area contributed by atoms with Crippen LogP contribution >= 0.6 is 0 Å². The van der Waals surface area contributed by atoms with Crippen LogP contribution in [0.5, 0.6) is 0 Å². The Labute approximate surface area is 260 Å². The summed E-state index contributed by atoms with van der Waals surface area (Å²) in [6, 6.07) is -0.675. The summed E-state index contributed by atoms with van der Waals surface area (Å²) in [5.74, 6) is -0.149. The predicted octanol–water partition coefficient (Wildman–Crippen LogP) is 10.2. The number of hydrogen-bond donors (Lipinski definition) is 3. The molecule has 0 aromatic rings. The molecular formula is C38H67NO3. The van der Waals surface area contributed by atoms with Gasteiger partial charge in [0.05, 0.1) is 18.8 Å². The van der Waals surface area contributed by atoms with Gasteiger partial charge in [0.2, 0.25) is 5.91 Å². The van der Waals surface area contributed by atoms with E-state index in [0.29, 0.717) is 12.8 Å². The van der Waals surface area contributed by atoms with Crippen molar-refractivity contribution in [3.8, 4) is 0 Å². The number of rotatable bonds is 30. The van der Waals surface area contributed by atoms with Gasteiger partial charge in [-0.05, 0) is 64.2 Å². The molecule has 42 heavy (non-hydrogen) atoms. The number of allylic oxidation sites excluding steroid dienone is 9. The highest BCUT2D eigenvalue weighted by atomic mass is 16.3. The van der Waals surface area contributed by atoms with E-state index in [4.69, 9.17) is 0 Å². The summed E-state index contributed by atoms with van der Waals surface area (Å²) in [4.78, 5) is 12.2. The van der Waals surface area contributed by atoms with Crippen LogP contribution in [0.1, 0.15) is 155 Å². The minimum atomic E-state index is -0.892. The van der Waals surface area contributed by atoms with Crippen molar-refractivity contribution in [2.75, 3.05) is 6.61 Å². The molecule has 0 aliphatic heterocycles. The first-order valence-corrected chi connectivity index (χ1v) is 17.5. The largest absolute Gasteiger partial charge is 0.394 e. The van der Waals surface area contributed by atoms with E-state index in [1.807, 2.05) is 12.2 Å². The first kappa shape index (κ1) is 40.1. The molecule has 0 heterocycles. The number of nitrogens with one attached hydrogen (secondary N) is 1. The molecule has 1 amide bonds. The summed E-state index contributed by atoms with van der Waals surface area (Å²) in [6.07, 6.45) is 46.0. The Balaban J connectivity index is 3.83. The van der Waals surface area contributed by atoms with Crippen molar-refractivity contribution in [1.82, 2.24) is 5.32 Å². The zero-order valence-corrected chi connectivity index (χ0v) is 27.5. The minimum Gasteiger partial charge on any atom is -0.394 e. The smallest absolute Gasteiger partial charge is 0.220 e. The van der Waals surface area contributed by atoms with E-state index in [2.05, 4.69) is 61.7 Å². The van der Waals surface area contributed by atoms with Gasteiger partial charge in [-0.3, -0.25) is 4.79 Å². The highest BCUT2D eigenvalue weighted by Crippen LogP contribution is 2.10. The predicted molar refractivity (Wildman–Crippen MR) is 184 cm³/mol. The highest BCUT2D eigenvalue weighted by molar-refractivity contribution is 5.76. The Kier molecular flexibility index (Phi) is 32.1. The molecule has 0 saturated carbocycles. The Morgan fingerprint density at radius 3 is 1.52 bits per heavy atom. The topological polar surface area (TPSA) is 69.6 Å². The zero-order valence-electron chi connectivity index (χ0n) is 27.5. The van der Waals surface area contributed by atoms with Crippen LogP contribution in [0.4, 0.5) is 0 Å². The van der Waals surface area contributed by atoms with Crippen molar-refractivity contribution in [1.29, 1.82) is 0 Å². The summed E-state index contributed by atoms with van der Waals surface area (Å²) in [6.45, 7) is 4.22. The van der Waals surface area contributed by atoms with Gasteiger partial charge in [0.15, 0.2) is 0 Å². The summed E-state index contributed by atoms with van der Waals surface area (Å²) in [7, 11) is 0. The number of carbonyl (C=O) groups is 1. The summed E-state index contributed by atoms with van der Waals surface area (Å²) >= 11 is 0. The van der Waals surface area contributed by atoms with Gasteiger partial charge in [-0.1, -0.05) is 145 Å². The second kappa shape index (κ2) is 33.6. The molecule has 3 N–H and O–H groups in total. The van der Waals surface area contributed by atoms with Gasteiger partial charge in [0.25, 0.3) is 0 Å². The summed E-state index contributed by atoms with van der Waals surface area (Å²) in [5, 5.41) is 22.7. The van der Waals surface area contributed by atoms with Crippen molar-refractivity contribution in [3.63, 3.8) is 0 Å². The molecule has 0 aromatic heterocycles. The third-order valence-corrected chi connectivity index (χ3v) is 7.46. The molecule has 2 atom stereocenters. The number of aliphatic hydroxyl groups is 2. The number of amides is 1. The fraction of sp³-hybridized carbons (Fsp3) is 0.711. The van der Waals surface area contributed by atoms with Gasteiger partial charge in [-0.2, -0.15) is 0 Å². The second-order valence-electron chi connectivity index (χ2n) is 11.6. The number of unbranched alkanes of at least 4 members (excludes halogenated alkanes) is 15. The van der Waals surface area contributed by atoms with E-state index in [1.54, 1.807) is 6.08 Å². The molecule has 242 valence electrons. The van der Waals surface area contributed by atoms with Crippen molar-refractivity contribution in [3.05, 3.63) is 60.8 Å². The quantitative estimate of drug-likeness (QED) is 0.0580. The van der Waals surface area contributed by atoms with Crippen LogP contribution in [0.25, 0.3) is 0 Å². The molecule has 0 aromatic carbocycles. The molecule has 4 heteroatoms. The monoisotopic (exact) mass is 586 g/mol. The van der Waals surface area contributed by atoms with Gasteiger partial charge >= 0.3 is 0 Å². The van der Waals surface area contributed by atoms with Crippen LogP contribution in [-0.4, -0.2) is 34.9 Å². The first-order chi connectivity index (χ1) is 20.7. The lowest BCUT2D eigenvalue weighted by Gasteiger charge is -2.19. The maximum absolute atomic E-state index is 12.2. The third-order valence-electron chi connectivity index (χ3n) is 7.46. The lowest BCUT2D eigenvalue weighted by Crippen LogP contribution is -2.45. The fourth-order valence-electron chi connectivity index (χ4n) is 4.73. The standard InChI is InChI=1S/C38H67NO3/c1-3-5-7-9-11-13-15-17-18-19-20-22-23-25-27-29-31-33-37(41)36(35-40)39-38(42)34-32-30-28-26-24-21-16-14-12-10-8-6-4-2/h18-19,21,23-25,28,30-31,33,36-37,40-41H,3-17,20,22,26-27,29,32,34-35H2,1-2H3,(H,39,42)/b19-18+,24-21-,25-23+,30-28-,33-31+. The van der Waals surface area contributed by atoms with Gasteiger partial charge in [-0.25, -0.2) is 0 Å². The van der Waals surface area contributed by atoms with Gasteiger partial charge in [0, 0.05) is 6.42 Å². The number of aliphatic hydroxyl groups excluding tert-OH is 2. The van der Waals surface area contributed by atoms with E-state index in [0.717, 1.165) is 38.5 Å². The maximum Gasteiger partial charge on any atom is 0.220 e. The minimum absolute atomic E-state index is 0.149. The van der Waals surface area contributed by atoms with E-state index in [-0.39, 0.29) is 12.5 Å². The summed E-state index contributed by atoms with van der Waals surface area (Å²) in [5.41, 5.74) is 0. The number of hydrogen-bond acceptors (Lipinski definition) is 3. The van der Waals surface area contributed by atoms with Crippen molar-refractivity contribution in [2.24, 2.45) is 0 Å². The molecule has 0 rings (SSSR count). The van der Waals surface area contributed by atoms with Crippen LogP contribution in [0.3, 0.4) is 0 Å². The maximum atomic E-state index is 12.2. The van der Waals surface area contributed by atoms with Crippen LogP contribution in [0.2, 0.25) is 0 Å². The Morgan fingerprint density at radius 2 is 1.00 bits per heavy atom. The average Bonchev–Trinajstić information content (AvgIpc) is 2.99. The molecule has 0 aliphatic carbocycles. The third kappa shape index (κ3) is 29.6. The molecule has 4 nitrogen and oxygen atoms in total. The molecule has 0 aliphatic rings. The summed E-state index contributed by atoms with van der Waals surface area (Å²) < 4.78 is 0. The SMILES string of the molecule is CCCCCCCC/C=C\C/C=C\CCC(=O)NC(CO)C(O)/C=C/CC/C=C/CC/C=C/CCCCCCCCC. The molecule has 2 unspecified atom stereocenters. The molecular weight excluding hydrogens is 518 g/mol. The second-order valence-corrected chi connectivity index (χ2v) is 11.6. The Bertz CT molecular complexity index is 722. The van der Waals surface area contributed by atoms with Crippen molar-refractivity contribution < 1.29 is 15.0 Å². The van der Waals surface area contributed by atoms with E-state index in [1.165, 1.54) is 89.9 Å². The van der Waals surface area contributed by atoms with E-state index < -0.39 is 12.1 Å². The van der Waals surface area contributed by atoms with E-state index >= 15 is 0 Å². The molecule has 0 fully saturated rings. The molecule has 0 radical (unpaired) electrons. The normalized spacial score (nSPS) is 13.9. The van der Waals surface area contributed by atoms with Crippen molar-refractivity contribution in [2.45, 2.75) is 167 Å². The molecule has 0 spiro atoms. The van der Waals surface area contributed by atoms with Crippen molar-refractivity contribution >= 4 is 5.91 Å². The van der Waals surface area contributed by atoms with Crippen LogP contribution < -0.4 is 5.32 Å². The lowest BCUT2D eigenvalue weighted by atomic mass is 10.1. The highest BCUT2D eigenvalue weighted by Gasteiger charge is 2.17. The Morgan fingerprint density at radius 1 is 0.571 bits per heavy atom. The Hall–Kier alpha value is -1.91.